The maximum absolute atomic E-state index is 9.54. The largest absolute Gasteiger partial charge is 0.412 e. The van der Waals surface area contributed by atoms with E-state index in [1.807, 2.05) is 0 Å². The molecule has 0 aliphatic rings. The minimum absolute atomic E-state index is 0. The fourth-order valence-electron chi connectivity index (χ4n) is 0. The first-order chi connectivity index (χ1) is 2.94. The second kappa shape index (κ2) is 2.60. The molecule has 6 N–H and O–H groups in total. The number of hydrogen-bond donors (Lipinski definition) is 3. The summed E-state index contributed by atoms with van der Waals surface area (Å²) < 4.78 is 26.8. The SMILES string of the molecule is N=C(N)S(=O)(=O)O.O. The lowest BCUT2D eigenvalue weighted by atomic mass is 11.4. The Bertz CT molecular complexity index is 168. The highest BCUT2D eigenvalue weighted by atomic mass is 32.2. The molecule has 0 amide bonds. The highest BCUT2D eigenvalue weighted by Crippen LogP contribution is 1.73. The van der Waals surface area contributed by atoms with Crippen LogP contribution in [0.2, 0.25) is 0 Å². The minimum atomic E-state index is -4.38. The third-order valence-electron chi connectivity index (χ3n) is 0.278. The fraction of sp³-hybridized carbons (Fsp3) is 0. The summed E-state index contributed by atoms with van der Waals surface area (Å²) in [5, 5.41) is 4.86. The minimum Gasteiger partial charge on any atom is -0.412 e. The van der Waals surface area contributed by atoms with Crippen molar-refractivity contribution in [3.8, 4) is 0 Å². The zero-order chi connectivity index (χ0) is 6.08. The van der Waals surface area contributed by atoms with Crippen LogP contribution in [0.1, 0.15) is 0 Å². The molecular formula is CH6N2O4S. The van der Waals surface area contributed by atoms with Crippen LogP contribution in [0.4, 0.5) is 0 Å². The molecule has 0 aromatic rings. The van der Waals surface area contributed by atoms with E-state index in [0.29, 0.717) is 0 Å². The molecule has 0 aromatic carbocycles. The quantitative estimate of drug-likeness (QED) is 0.203. The van der Waals surface area contributed by atoms with E-state index in [1.54, 1.807) is 0 Å². The molecule has 0 saturated carbocycles. The second-order valence-electron chi connectivity index (χ2n) is 0.839. The lowest BCUT2D eigenvalue weighted by molar-refractivity contribution is 0.497. The Morgan fingerprint density at radius 3 is 1.75 bits per heavy atom. The van der Waals surface area contributed by atoms with Crippen molar-refractivity contribution < 1.29 is 18.4 Å². The van der Waals surface area contributed by atoms with Gasteiger partial charge in [-0.05, 0) is 0 Å². The molecule has 50 valence electrons. The van der Waals surface area contributed by atoms with Crippen molar-refractivity contribution in [1.29, 1.82) is 5.41 Å². The normalized spacial score (nSPS) is 9.62. The summed E-state index contributed by atoms with van der Waals surface area (Å²) in [6.45, 7) is 0. The first-order valence-corrected chi connectivity index (χ1v) is 2.70. The molecule has 0 bridgehead atoms. The second-order valence-corrected chi connectivity index (χ2v) is 2.23. The molecule has 0 saturated heterocycles. The van der Waals surface area contributed by atoms with Gasteiger partial charge in [-0.25, -0.2) is 0 Å². The molecule has 0 atom stereocenters. The van der Waals surface area contributed by atoms with Crippen molar-refractivity contribution in [2.24, 2.45) is 5.73 Å². The van der Waals surface area contributed by atoms with Gasteiger partial charge in [-0.3, -0.25) is 9.96 Å². The predicted molar refractivity (Wildman–Crippen MR) is 27.1 cm³/mol. The molecule has 0 fully saturated rings. The van der Waals surface area contributed by atoms with E-state index < -0.39 is 15.3 Å². The lowest BCUT2D eigenvalue weighted by Crippen LogP contribution is -2.21. The molecule has 0 aromatic heterocycles. The molecule has 0 rings (SSSR count). The zero-order valence-corrected chi connectivity index (χ0v) is 4.57. The summed E-state index contributed by atoms with van der Waals surface area (Å²) in [4.78, 5) is 0. The van der Waals surface area contributed by atoms with Crippen LogP contribution in [0, 0.1) is 5.41 Å². The molecule has 0 heterocycles. The molecule has 0 spiro atoms. The van der Waals surface area contributed by atoms with Gasteiger partial charge in [0.25, 0.3) is 0 Å². The van der Waals surface area contributed by atoms with Gasteiger partial charge in [0.05, 0.1) is 0 Å². The van der Waals surface area contributed by atoms with Gasteiger partial charge >= 0.3 is 10.1 Å². The van der Waals surface area contributed by atoms with Gasteiger partial charge in [-0.2, -0.15) is 8.42 Å². The van der Waals surface area contributed by atoms with Crippen molar-refractivity contribution in [2.75, 3.05) is 0 Å². The molecule has 0 unspecified atom stereocenters. The fourth-order valence-corrected chi connectivity index (χ4v) is 0. The summed E-state index contributed by atoms with van der Waals surface area (Å²) in [7, 11) is -4.38. The predicted octanol–water partition coefficient (Wildman–Crippen LogP) is -2.06. The van der Waals surface area contributed by atoms with Crippen LogP contribution in [-0.2, 0) is 10.1 Å². The maximum atomic E-state index is 9.54. The number of nitrogens with two attached hydrogens (primary N) is 1. The highest BCUT2D eigenvalue weighted by molar-refractivity contribution is 8.01. The molecule has 7 heteroatoms. The van der Waals surface area contributed by atoms with Crippen molar-refractivity contribution in [3.63, 3.8) is 0 Å². The first-order valence-electron chi connectivity index (χ1n) is 1.26. The van der Waals surface area contributed by atoms with Crippen molar-refractivity contribution in [1.82, 2.24) is 0 Å². The van der Waals surface area contributed by atoms with Crippen molar-refractivity contribution in [2.45, 2.75) is 0 Å². The number of rotatable bonds is 0. The van der Waals surface area contributed by atoms with Crippen molar-refractivity contribution in [3.05, 3.63) is 0 Å². The van der Waals surface area contributed by atoms with Crippen LogP contribution in [-0.4, -0.2) is 23.6 Å². The first kappa shape index (κ1) is 10.3. The van der Waals surface area contributed by atoms with Crippen molar-refractivity contribution >= 4 is 15.3 Å². The summed E-state index contributed by atoms with van der Waals surface area (Å²) in [5.41, 5.74) is 4.31. The van der Waals surface area contributed by atoms with Crippen LogP contribution >= 0.6 is 0 Å². The monoisotopic (exact) mass is 142 g/mol. The Morgan fingerprint density at radius 1 is 1.62 bits per heavy atom. The molecule has 0 aliphatic heterocycles. The van der Waals surface area contributed by atoms with Gasteiger partial charge < -0.3 is 11.2 Å². The van der Waals surface area contributed by atoms with Crippen LogP contribution in [0.3, 0.4) is 0 Å². The Balaban J connectivity index is 0. The third kappa shape index (κ3) is 3.53. The van der Waals surface area contributed by atoms with Crippen LogP contribution in [0.5, 0.6) is 0 Å². The van der Waals surface area contributed by atoms with E-state index in [1.165, 1.54) is 0 Å². The average Bonchev–Trinajstić information content (AvgIpc) is 1.31. The summed E-state index contributed by atoms with van der Waals surface area (Å²) >= 11 is 0. The average molecular weight is 142 g/mol. The lowest BCUT2D eigenvalue weighted by Gasteiger charge is -1.84. The van der Waals surface area contributed by atoms with Gasteiger partial charge in [0.2, 0.25) is 5.17 Å². The standard InChI is InChI=1S/CH4N2O3S.H2O/c2-1(3)7(4,5)6;/h(H3,2,3)(H,4,5,6);1H2. The topological polar surface area (TPSA) is 136 Å². The van der Waals surface area contributed by atoms with Gasteiger partial charge in [-0.15, -0.1) is 0 Å². The number of hydrogen-bond acceptors (Lipinski definition) is 3. The van der Waals surface area contributed by atoms with Gasteiger partial charge in [0.15, 0.2) is 0 Å². The zero-order valence-electron chi connectivity index (χ0n) is 3.75. The highest BCUT2D eigenvalue weighted by Gasteiger charge is 2.05. The van der Waals surface area contributed by atoms with Gasteiger partial charge in [-0.1, -0.05) is 0 Å². The summed E-state index contributed by atoms with van der Waals surface area (Å²) in [5.74, 6) is 0. The van der Waals surface area contributed by atoms with Crippen LogP contribution < -0.4 is 5.73 Å². The van der Waals surface area contributed by atoms with E-state index in [2.05, 4.69) is 5.73 Å². The number of nitrogens with one attached hydrogen (secondary N) is 1. The van der Waals surface area contributed by atoms with E-state index in [4.69, 9.17) is 9.96 Å². The molecule has 6 nitrogen and oxygen atoms in total. The Kier molecular flexibility index (Phi) is 3.36. The maximum Gasteiger partial charge on any atom is 0.327 e. The van der Waals surface area contributed by atoms with Gasteiger partial charge in [0.1, 0.15) is 0 Å². The van der Waals surface area contributed by atoms with E-state index in [0.717, 1.165) is 0 Å². The van der Waals surface area contributed by atoms with E-state index in [-0.39, 0.29) is 5.48 Å². The van der Waals surface area contributed by atoms with Crippen LogP contribution in [0.15, 0.2) is 0 Å². The Labute approximate surface area is 45.9 Å². The molecule has 8 heavy (non-hydrogen) atoms. The Hall–Kier alpha value is -0.660. The van der Waals surface area contributed by atoms with Crippen LogP contribution in [0.25, 0.3) is 0 Å². The summed E-state index contributed by atoms with van der Waals surface area (Å²) in [6, 6.07) is 0. The molecule has 0 radical (unpaired) electrons. The molecule has 0 aliphatic carbocycles. The Morgan fingerprint density at radius 2 is 1.75 bits per heavy atom. The number of amidine groups is 1. The molecular weight excluding hydrogens is 136 g/mol. The van der Waals surface area contributed by atoms with E-state index in [9.17, 15) is 8.42 Å². The van der Waals surface area contributed by atoms with Gasteiger partial charge in [0, 0.05) is 0 Å². The van der Waals surface area contributed by atoms with E-state index >= 15 is 0 Å². The smallest absolute Gasteiger partial charge is 0.327 e. The third-order valence-corrected chi connectivity index (χ3v) is 0.834. The summed E-state index contributed by atoms with van der Waals surface area (Å²) in [6.07, 6.45) is 0.